The van der Waals surface area contributed by atoms with Crippen molar-refractivity contribution >= 4 is 11.6 Å². The second-order valence-corrected chi connectivity index (χ2v) is 5.73. The molecule has 0 bridgehead atoms. The minimum Gasteiger partial charge on any atom is -0.313 e. The molecule has 1 aromatic rings. The van der Waals surface area contributed by atoms with Crippen LogP contribution in [0.4, 0.5) is 0 Å². The van der Waals surface area contributed by atoms with E-state index < -0.39 is 0 Å². The quantitative estimate of drug-likeness (QED) is 0.775. The molecule has 1 fully saturated rings. The highest BCUT2D eigenvalue weighted by atomic mass is 35.5. The summed E-state index contributed by atoms with van der Waals surface area (Å²) >= 11 is 6.38. The summed E-state index contributed by atoms with van der Waals surface area (Å²) in [4.78, 5) is 0. The van der Waals surface area contributed by atoms with Crippen molar-refractivity contribution < 1.29 is 0 Å². The first-order valence-corrected chi connectivity index (χ1v) is 7.68. The van der Waals surface area contributed by atoms with E-state index in [4.69, 9.17) is 11.6 Å². The molecule has 2 unspecified atom stereocenters. The molecule has 0 saturated heterocycles. The maximum atomic E-state index is 6.38. The molecular weight excluding hydrogens is 242 g/mol. The Bertz CT molecular complexity index is 364. The third-order valence-electron chi connectivity index (χ3n) is 3.98. The number of benzene rings is 1. The topological polar surface area (TPSA) is 12.0 Å². The highest BCUT2D eigenvalue weighted by molar-refractivity contribution is 6.31. The van der Waals surface area contributed by atoms with E-state index >= 15 is 0 Å². The van der Waals surface area contributed by atoms with Gasteiger partial charge in [0.2, 0.25) is 0 Å². The maximum absolute atomic E-state index is 6.38. The lowest BCUT2D eigenvalue weighted by Gasteiger charge is -2.27. The summed E-state index contributed by atoms with van der Waals surface area (Å²) in [6, 6.07) is 8.98. The molecule has 0 spiro atoms. The first-order valence-electron chi connectivity index (χ1n) is 7.30. The first-order chi connectivity index (χ1) is 8.83. The second-order valence-electron chi connectivity index (χ2n) is 5.33. The molecule has 0 amide bonds. The lowest BCUT2D eigenvalue weighted by molar-refractivity contribution is 0.411. The third kappa shape index (κ3) is 3.49. The Hall–Kier alpha value is -0.530. The van der Waals surface area contributed by atoms with E-state index in [-0.39, 0.29) is 0 Å². The van der Waals surface area contributed by atoms with Gasteiger partial charge in [0, 0.05) is 17.0 Å². The summed E-state index contributed by atoms with van der Waals surface area (Å²) in [5, 5.41) is 4.67. The van der Waals surface area contributed by atoms with Gasteiger partial charge in [-0.3, -0.25) is 0 Å². The van der Waals surface area contributed by atoms with E-state index in [1.807, 2.05) is 12.1 Å². The van der Waals surface area contributed by atoms with Crippen molar-refractivity contribution in [2.24, 2.45) is 0 Å². The zero-order valence-corrected chi connectivity index (χ0v) is 12.0. The van der Waals surface area contributed by atoms with Gasteiger partial charge in [-0.25, -0.2) is 0 Å². The fraction of sp³-hybridized carbons (Fsp3) is 0.625. The molecule has 1 saturated carbocycles. The van der Waals surface area contributed by atoms with Crippen LogP contribution in [-0.4, -0.2) is 12.6 Å². The van der Waals surface area contributed by atoms with Crippen LogP contribution in [0.3, 0.4) is 0 Å². The van der Waals surface area contributed by atoms with Crippen molar-refractivity contribution in [1.29, 1.82) is 0 Å². The van der Waals surface area contributed by atoms with Gasteiger partial charge in [-0.15, -0.1) is 0 Å². The zero-order valence-electron chi connectivity index (χ0n) is 11.3. The Morgan fingerprint density at radius 3 is 2.72 bits per heavy atom. The standard InChI is InChI=1S/C16H24ClN/c1-2-12-18-16-11-5-3-4-9-14(16)13-8-6-7-10-15(13)17/h6-8,10,14,16,18H,2-5,9,11-12H2,1H3. The smallest absolute Gasteiger partial charge is 0.0441 e. The summed E-state index contributed by atoms with van der Waals surface area (Å²) in [6.07, 6.45) is 7.81. The van der Waals surface area contributed by atoms with Crippen molar-refractivity contribution in [2.45, 2.75) is 57.4 Å². The normalized spacial score (nSPS) is 24.8. The molecule has 0 aliphatic heterocycles. The zero-order chi connectivity index (χ0) is 12.8. The van der Waals surface area contributed by atoms with Gasteiger partial charge in [0.15, 0.2) is 0 Å². The average Bonchev–Trinajstić information content (AvgIpc) is 2.62. The molecule has 1 aromatic carbocycles. The summed E-state index contributed by atoms with van der Waals surface area (Å²) in [7, 11) is 0. The Labute approximate surface area is 116 Å². The molecule has 1 aliphatic carbocycles. The lowest BCUT2D eigenvalue weighted by Crippen LogP contribution is -2.35. The van der Waals surface area contributed by atoms with Gasteiger partial charge >= 0.3 is 0 Å². The Morgan fingerprint density at radius 2 is 1.94 bits per heavy atom. The van der Waals surface area contributed by atoms with Gasteiger partial charge in [0.1, 0.15) is 0 Å². The van der Waals surface area contributed by atoms with Gasteiger partial charge in [-0.1, -0.05) is 56.0 Å². The third-order valence-corrected chi connectivity index (χ3v) is 4.32. The predicted molar refractivity (Wildman–Crippen MR) is 79.4 cm³/mol. The van der Waals surface area contributed by atoms with Crippen LogP contribution < -0.4 is 5.32 Å². The minimum atomic E-state index is 0.591. The molecule has 100 valence electrons. The Balaban J connectivity index is 2.17. The van der Waals surface area contributed by atoms with Gasteiger partial charge in [-0.05, 0) is 37.4 Å². The van der Waals surface area contributed by atoms with Crippen molar-refractivity contribution in [3.8, 4) is 0 Å². The van der Waals surface area contributed by atoms with Crippen LogP contribution in [-0.2, 0) is 0 Å². The van der Waals surface area contributed by atoms with Gasteiger partial charge in [-0.2, -0.15) is 0 Å². The number of nitrogens with one attached hydrogen (secondary N) is 1. The molecule has 0 radical (unpaired) electrons. The van der Waals surface area contributed by atoms with Crippen LogP contribution in [0.5, 0.6) is 0 Å². The molecule has 2 heteroatoms. The average molecular weight is 266 g/mol. The van der Waals surface area contributed by atoms with Crippen LogP contribution in [0.2, 0.25) is 5.02 Å². The fourth-order valence-electron chi connectivity index (χ4n) is 3.03. The molecule has 1 aliphatic rings. The molecule has 1 N–H and O–H groups in total. The second kappa shape index (κ2) is 7.16. The van der Waals surface area contributed by atoms with E-state index in [0.29, 0.717) is 12.0 Å². The number of halogens is 1. The first kappa shape index (κ1) is 13.9. The molecule has 2 rings (SSSR count). The van der Waals surface area contributed by atoms with Gasteiger partial charge in [0.05, 0.1) is 0 Å². The lowest BCUT2D eigenvalue weighted by atomic mass is 9.87. The minimum absolute atomic E-state index is 0.591. The van der Waals surface area contributed by atoms with Crippen LogP contribution in [0.25, 0.3) is 0 Å². The van der Waals surface area contributed by atoms with E-state index in [1.54, 1.807) is 0 Å². The summed E-state index contributed by atoms with van der Waals surface area (Å²) in [5.41, 5.74) is 1.34. The van der Waals surface area contributed by atoms with E-state index in [0.717, 1.165) is 11.6 Å². The molecule has 2 atom stereocenters. The Morgan fingerprint density at radius 1 is 1.17 bits per heavy atom. The maximum Gasteiger partial charge on any atom is 0.0441 e. The van der Waals surface area contributed by atoms with Crippen molar-refractivity contribution in [3.63, 3.8) is 0 Å². The summed E-state index contributed by atoms with van der Waals surface area (Å²) in [6.45, 7) is 3.35. The van der Waals surface area contributed by atoms with Crippen molar-refractivity contribution in [1.82, 2.24) is 5.32 Å². The van der Waals surface area contributed by atoms with Crippen LogP contribution >= 0.6 is 11.6 Å². The SMILES string of the molecule is CCCNC1CCCCCC1c1ccccc1Cl. The molecule has 1 nitrogen and oxygen atoms in total. The predicted octanol–water partition coefficient (Wildman–Crippen LogP) is 4.76. The summed E-state index contributed by atoms with van der Waals surface area (Å²) in [5.74, 6) is 0.591. The highest BCUT2D eigenvalue weighted by Crippen LogP contribution is 2.35. The van der Waals surface area contributed by atoms with Crippen LogP contribution in [0.15, 0.2) is 24.3 Å². The monoisotopic (exact) mass is 265 g/mol. The fourth-order valence-corrected chi connectivity index (χ4v) is 3.31. The number of rotatable bonds is 4. The summed E-state index contributed by atoms with van der Waals surface area (Å²) < 4.78 is 0. The number of hydrogen-bond acceptors (Lipinski definition) is 1. The van der Waals surface area contributed by atoms with E-state index in [2.05, 4.69) is 24.4 Å². The largest absolute Gasteiger partial charge is 0.313 e. The van der Waals surface area contributed by atoms with Gasteiger partial charge in [0.25, 0.3) is 0 Å². The van der Waals surface area contributed by atoms with Crippen molar-refractivity contribution in [2.75, 3.05) is 6.54 Å². The number of hydrogen-bond donors (Lipinski definition) is 1. The molecule has 18 heavy (non-hydrogen) atoms. The van der Waals surface area contributed by atoms with E-state index in [9.17, 15) is 0 Å². The van der Waals surface area contributed by atoms with Crippen LogP contribution in [0, 0.1) is 0 Å². The highest BCUT2D eigenvalue weighted by Gasteiger charge is 2.25. The molecular formula is C16H24ClN. The Kier molecular flexibility index (Phi) is 5.52. The molecule has 0 heterocycles. The van der Waals surface area contributed by atoms with Crippen molar-refractivity contribution in [3.05, 3.63) is 34.9 Å². The van der Waals surface area contributed by atoms with Gasteiger partial charge < -0.3 is 5.32 Å². The van der Waals surface area contributed by atoms with E-state index in [1.165, 1.54) is 44.1 Å². The molecule has 0 aromatic heterocycles. The van der Waals surface area contributed by atoms with Crippen LogP contribution in [0.1, 0.15) is 56.9 Å².